The molecule has 2 heterocycles. The fourth-order valence-corrected chi connectivity index (χ4v) is 4.32. The van der Waals surface area contributed by atoms with Crippen LogP contribution in [0.3, 0.4) is 0 Å². The highest BCUT2D eigenvalue weighted by atomic mass is 35.5. The maximum Gasteiger partial charge on any atom is 0.298 e. The summed E-state index contributed by atoms with van der Waals surface area (Å²) in [5, 5.41) is 0.267. The fraction of sp³-hybridized carbons (Fsp3) is 0.238. The molecule has 0 atom stereocenters. The molecule has 0 aromatic heterocycles. The molecule has 7 heteroatoms. The Morgan fingerprint density at radius 1 is 0.964 bits per heavy atom. The predicted molar refractivity (Wildman–Crippen MR) is 116 cm³/mol. The molecule has 2 aromatic rings. The number of rotatable bonds is 3. The lowest BCUT2D eigenvalue weighted by atomic mass is 10.1. The van der Waals surface area contributed by atoms with Crippen LogP contribution in [0.15, 0.2) is 53.4 Å². The third-order valence-corrected chi connectivity index (χ3v) is 6.07. The lowest BCUT2D eigenvalue weighted by molar-refractivity contribution is -0.113. The molecule has 0 saturated carbocycles. The zero-order valence-corrected chi connectivity index (χ0v) is 17.0. The molecule has 4 rings (SSSR count). The van der Waals surface area contributed by atoms with Gasteiger partial charge >= 0.3 is 0 Å². The second-order valence-electron chi connectivity index (χ2n) is 6.84. The number of para-hydroxylation sites is 1. The summed E-state index contributed by atoms with van der Waals surface area (Å²) in [6.07, 6.45) is 1.83. The van der Waals surface area contributed by atoms with Crippen molar-refractivity contribution in [1.82, 2.24) is 4.90 Å². The fourth-order valence-electron chi connectivity index (χ4n) is 3.37. The van der Waals surface area contributed by atoms with Crippen LogP contribution in [0, 0.1) is 0 Å². The summed E-state index contributed by atoms with van der Waals surface area (Å²) < 4.78 is 0. The number of anilines is 2. The number of benzene rings is 2. The molecule has 2 aliphatic heterocycles. The normalized spacial score (nSPS) is 19.7. The van der Waals surface area contributed by atoms with Crippen LogP contribution in [0.5, 0.6) is 0 Å². The van der Waals surface area contributed by atoms with Crippen LogP contribution in [0.25, 0.3) is 6.08 Å². The average molecular weight is 414 g/mol. The van der Waals surface area contributed by atoms with Crippen LogP contribution in [-0.4, -0.2) is 49.3 Å². The van der Waals surface area contributed by atoms with Crippen molar-refractivity contribution >= 4 is 52.0 Å². The van der Waals surface area contributed by atoms with E-state index in [2.05, 4.69) is 22.9 Å². The van der Waals surface area contributed by atoms with Gasteiger partial charge in [0, 0.05) is 36.9 Å². The number of carbonyl (C=O) groups is 2. The van der Waals surface area contributed by atoms with Crippen LogP contribution in [-0.2, 0) is 4.79 Å². The van der Waals surface area contributed by atoms with Crippen LogP contribution < -0.4 is 9.80 Å². The van der Waals surface area contributed by atoms with E-state index in [0.29, 0.717) is 15.6 Å². The molecular weight excluding hydrogens is 394 g/mol. The van der Waals surface area contributed by atoms with Crippen LogP contribution in [0.2, 0.25) is 5.02 Å². The van der Waals surface area contributed by atoms with Gasteiger partial charge in [0.25, 0.3) is 11.1 Å². The van der Waals surface area contributed by atoms with Gasteiger partial charge in [-0.15, -0.1) is 0 Å². The number of halogens is 1. The third-order valence-electron chi connectivity index (χ3n) is 4.95. The zero-order chi connectivity index (χ0) is 19.7. The van der Waals surface area contributed by atoms with Gasteiger partial charge in [0.15, 0.2) is 0 Å². The van der Waals surface area contributed by atoms with Crippen molar-refractivity contribution in [3.05, 3.63) is 64.0 Å². The molecule has 28 heavy (non-hydrogen) atoms. The molecule has 2 saturated heterocycles. The molecule has 0 unspecified atom stereocenters. The van der Waals surface area contributed by atoms with E-state index in [4.69, 9.17) is 11.6 Å². The maximum atomic E-state index is 12.9. The summed E-state index contributed by atoms with van der Waals surface area (Å²) in [6, 6.07) is 14.7. The van der Waals surface area contributed by atoms with Crippen LogP contribution >= 0.6 is 23.4 Å². The number of nitrogens with zero attached hydrogens (tertiary/aromatic N) is 3. The van der Waals surface area contributed by atoms with Crippen molar-refractivity contribution in [1.29, 1.82) is 0 Å². The van der Waals surface area contributed by atoms with Gasteiger partial charge in [-0.3, -0.25) is 9.59 Å². The lowest BCUT2D eigenvalue weighted by Gasteiger charge is -2.34. The van der Waals surface area contributed by atoms with Gasteiger partial charge in [0.05, 0.1) is 10.6 Å². The van der Waals surface area contributed by atoms with Gasteiger partial charge in [-0.25, -0.2) is 4.90 Å². The van der Waals surface area contributed by atoms with E-state index in [1.165, 1.54) is 4.90 Å². The van der Waals surface area contributed by atoms with E-state index in [-0.39, 0.29) is 11.1 Å². The molecule has 2 fully saturated rings. The summed E-state index contributed by atoms with van der Waals surface area (Å²) in [6.45, 7) is 3.88. The monoisotopic (exact) mass is 413 g/mol. The van der Waals surface area contributed by atoms with Crippen molar-refractivity contribution in [2.24, 2.45) is 0 Å². The van der Waals surface area contributed by atoms with E-state index in [9.17, 15) is 9.59 Å². The van der Waals surface area contributed by atoms with E-state index in [0.717, 1.165) is 49.2 Å². The lowest BCUT2D eigenvalue weighted by Crippen LogP contribution is -2.44. The highest BCUT2D eigenvalue weighted by Crippen LogP contribution is 2.37. The average Bonchev–Trinajstić information content (AvgIpc) is 2.97. The zero-order valence-electron chi connectivity index (χ0n) is 15.5. The molecule has 5 nitrogen and oxygen atoms in total. The van der Waals surface area contributed by atoms with Gasteiger partial charge in [0.1, 0.15) is 0 Å². The predicted octanol–water partition coefficient (Wildman–Crippen LogP) is 4.33. The van der Waals surface area contributed by atoms with Crippen molar-refractivity contribution in [3.63, 3.8) is 0 Å². The molecule has 2 aliphatic rings. The summed E-state index contributed by atoms with van der Waals surface area (Å²) in [7, 11) is 2.12. The Kier molecular flexibility index (Phi) is 5.44. The van der Waals surface area contributed by atoms with E-state index in [1.54, 1.807) is 24.3 Å². The summed E-state index contributed by atoms with van der Waals surface area (Å²) >= 11 is 6.88. The second-order valence-corrected chi connectivity index (χ2v) is 8.27. The largest absolute Gasteiger partial charge is 0.368 e. The Hall–Kier alpha value is -2.28. The van der Waals surface area contributed by atoms with E-state index >= 15 is 0 Å². The summed E-state index contributed by atoms with van der Waals surface area (Å²) in [5.74, 6) is -0.300. The smallest absolute Gasteiger partial charge is 0.298 e. The van der Waals surface area contributed by atoms with Gasteiger partial charge < -0.3 is 9.80 Å². The van der Waals surface area contributed by atoms with Crippen molar-refractivity contribution in [2.75, 3.05) is 43.0 Å². The molecule has 0 N–H and O–H groups in total. The van der Waals surface area contributed by atoms with Gasteiger partial charge in [0.2, 0.25) is 0 Å². The highest BCUT2D eigenvalue weighted by Gasteiger charge is 2.36. The Labute approximate surface area is 173 Å². The first kappa shape index (κ1) is 19.1. The first-order valence-corrected chi connectivity index (χ1v) is 10.3. The SMILES string of the molecule is CN1CCN(c2ccccc2/C=C2/SC(=O)N(c3ccc(Cl)cc3)C2=O)CC1. The highest BCUT2D eigenvalue weighted by molar-refractivity contribution is 8.19. The number of amides is 2. The number of hydrogen-bond acceptors (Lipinski definition) is 5. The van der Waals surface area contributed by atoms with Crippen LogP contribution in [0.4, 0.5) is 16.2 Å². The van der Waals surface area contributed by atoms with Gasteiger partial charge in [-0.2, -0.15) is 0 Å². The summed E-state index contributed by atoms with van der Waals surface area (Å²) in [4.78, 5) is 31.6. The first-order valence-electron chi connectivity index (χ1n) is 9.09. The number of imide groups is 1. The number of hydrogen-bond donors (Lipinski definition) is 0. The Balaban J connectivity index is 1.62. The minimum atomic E-state index is -0.300. The first-order chi connectivity index (χ1) is 13.5. The topological polar surface area (TPSA) is 43.9 Å². The Bertz CT molecular complexity index is 937. The molecule has 0 radical (unpaired) electrons. The Morgan fingerprint density at radius 2 is 1.64 bits per heavy atom. The van der Waals surface area contributed by atoms with Crippen molar-refractivity contribution in [2.45, 2.75) is 0 Å². The van der Waals surface area contributed by atoms with Gasteiger partial charge in [-0.05, 0) is 60.8 Å². The molecule has 0 aliphatic carbocycles. The number of likely N-dealkylation sites (N-methyl/N-ethyl adjacent to an activating group) is 1. The molecule has 2 amide bonds. The second kappa shape index (κ2) is 7.99. The summed E-state index contributed by atoms with van der Waals surface area (Å²) in [5.41, 5.74) is 2.57. The van der Waals surface area contributed by atoms with Crippen molar-refractivity contribution in [3.8, 4) is 0 Å². The number of thioether (sulfide) groups is 1. The maximum absolute atomic E-state index is 12.9. The molecule has 0 bridgehead atoms. The third kappa shape index (κ3) is 3.81. The molecule has 2 aromatic carbocycles. The van der Waals surface area contributed by atoms with Crippen LogP contribution in [0.1, 0.15) is 5.56 Å². The number of carbonyl (C=O) groups excluding carboxylic acids is 2. The van der Waals surface area contributed by atoms with Crippen molar-refractivity contribution < 1.29 is 9.59 Å². The Morgan fingerprint density at radius 3 is 2.36 bits per heavy atom. The van der Waals surface area contributed by atoms with Gasteiger partial charge in [-0.1, -0.05) is 29.8 Å². The number of piperazine rings is 1. The molecule has 0 spiro atoms. The quantitative estimate of drug-likeness (QED) is 0.700. The molecular formula is C21H20ClN3O2S. The minimum Gasteiger partial charge on any atom is -0.368 e. The van der Waals surface area contributed by atoms with E-state index in [1.807, 2.05) is 24.3 Å². The minimum absolute atomic E-state index is 0.296. The molecule has 144 valence electrons. The standard InChI is InChI=1S/C21H20ClN3O2S/c1-23-10-12-24(13-11-23)18-5-3-2-4-15(18)14-19-20(26)25(21(27)28-19)17-8-6-16(22)7-9-17/h2-9,14H,10-13H2,1H3/b19-14+. The van der Waals surface area contributed by atoms with E-state index < -0.39 is 0 Å².